The molecular weight excluding hydrogens is 388 g/mol. The third-order valence-corrected chi connectivity index (χ3v) is 6.35. The number of guanidine groups is 1. The lowest BCUT2D eigenvalue weighted by Crippen LogP contribution is -2.42. The monoisotopic (exact) mass is 416 g/mol. The third-order valence-electron chi connectivity index (χ3n) is 4.65. The van der Waals surface area contributed by atoms with Crippen molar-refractivity contribution in [2.24, 2.45) is 10.9 Å². The Kier molecular flexibility index (Phi) is 8.66. The fourth-order valence-corrected chi connectivity index (χ4v) is 3.98. The number of rotatable bonds is 10. The van der Waals surface area contributed by atoms with Crippen molar-refractivity contribution in [3.8, 4) is 5.75 Å². The Morgan fingerprint density at radius 1 is 1.30 bits per heavy atom. The maximum atomic E-state index is 12.0. The summed E-state index contributed by atoms with van der Waals surface area (Å²) in [7, 11) is -0.00245. The van der Waals surface area contributed by atoms with Crippen molar-refractivity contribution in [3.63, 3.8) is 0 Å². The SMILES string of the molecule is CN=C(NCCc1ccc(OC)cc1Cl)NCCS(=O)(=O)NCC1CCC1. The summed E-state index contributed by atoms with van der Waals surface area (Å²) in [5.41, 5.74) is 1.00. The van der Waals surface area contributed by atoms with Crippen LogP contribution in [0.3, 0.4) is 0 Å². The van der Waals surface area contributed by atoms with Gasteiger partial charge in [0.1, 0.15) is 5.75 Å². The third kappa shape index (κ3) is 7.56. The van der Waals surface area contributed by atoms with E-state index in [9.17, 15) is 8.42 Å². The van der Waals surface area contributed by atoms with Gasteiger partial charge in [0.05, 0.1) is 12.9 Å². The number of nitrogens with one attached hydrogen (secondary N) is 3. The van der Waals surface area contributed by atoms with Gasteiger partial charge in [-0.3, -0.25) is 4.99 Å². The largest absolute Gasteiger partial charge is 0.497 e. The minimum Gasteiger partial charge on any atom is -0.497 e. The molecule has 0 atom stereocenters. The standard InChI is InChI=1S/C18H29ClN4O3S/c1-20-18(21-9-8-15-6-7-16(26-2)12-17(15)19)22-10-11-27(24,25)23-13-14-4-3-5-14/h6-7,12,14,23H,3-5,8-11,13H2,1-2H3,(H2,20,21,22). The summed E-state index contributed by atoms with van der Waals surface area (Å²) in [6.07, 6.45) is 4.16. The molecule has 1 aliphatic carbocycles. The van der Waals surface area contributed by atoms with E-state index in [1.807, 2.05) is 12.1 Å². The van der Waals surface area contributed by atoms with Crippen LogP contribution in [-0.2, 0) is 16.4 Å². The molecule has 7 nitrogen and oxygen atoms in total. The maximum Gasteiger partial charge on any atom is 0.213 e. The molecule has 27 heavy (non-hydrogen) atoms. The summed E-state index contributed by atoms with van der Waals surface area (Å²) in [4.78, 5) is 4.11. The topological polar surface area (TPSA) is 91.8 Å². The minimum atomic E-state index is -3.26. The fourth-order valence-electron chi connectivity index (χ4n) is 2.71. The number of methoxy groups -OCH3 is 1. The normalized spacial score (nSPS) is 15.3. The highest BCUT2D eigenvalue weighted by molar-refractivity contribution is 7.89. The molecule has 0 unspecified atom stereocenters. The molecule has 1 aromatic carbocycles. The molecule has 1 aliphatic rings. The number of ether oxygens (including phenoxy) is 1. The zero-order valence-corrected chi connectivity index (χ0v) is 17.5. The number of hydrogen-bond donors (Lipinski definition) is 3. The van der Waals surface area contributed by atoms with Crippen LogP contribution in [0.1, 0.15) is 24.8 Å². The van der Waals surface area contributed by atoms with Crippen molar-refractivity contribution in [3.05, 3.63) is 28.8 Å². The van der Waals surface area contributed by atoms with E-state index < -0.39 is 10.0 Å². The molecule has 0 heterocycles. The van der Waals surface area contributed by atoms with E-state index >= 15 is 0 Å². The predicted octanol–water partition coefficient (Wildman–Crippen LogP) is 1.78. The summed E-state index contributed by atoms with van der Waals surface area (Å²) >= 11 is 6.23. The van der Waals surface area contributed by atoms with Gasteiger partial charge in [-0.2, -0.15) is 0 Å². The van der Waals surface area contributed by atoms with E-state index in [2.05, 4.69) is 20.3 Å². The van der Waals surface area contributed by atoms with Gasteiger partial charge in [-0.05, 0) is 42.9 Å². The van der Waals surface area contributed by atoms with Crippen LogP contribution in [0, 0.1) is 5.92 Å². The summed E-state index contributed by atoms with van der Waals surface area (Å²) in [6.45, 7) is 1.47. The van der Waals surface area contributed by atoms with Gasteiger partial charge in [-0.15, -0.1) is 0 Å². The van der Waals surface area contributed by atoms with Crippen LogP contribution >= 0.6 is 11.6 Å². The average molecular weight is 417 g/mol. The molecule has 0 aliphatic heterocycles. The second kappa shape index (κ2) is 10.7. The van der Waals surface area contributed by atoms with Crippen molar-refractivity contribution in [2.75, 3.05) is 39.5 Å². The van der Waals surface area contributed by atoms with Gasteiger partial charge >= 0.3 is 0 Å². The van der Waals surface area contributed by atoms with Crippen LogP contribution in [0.25, 0.3) is 0 Å². The summed E-state index contributed by atoms with van der Waals surface area (Å²) < 4.78 is 31.8. The Balaban J connectivity index is 1.67. The second-order valence-electron chi connectivity index (χ2n) is 6.60. The lowest BCUT2D eigenvalue weighted by molar-refractivity contribution is 0.316. The van der Waals surface area contributed by atoms with Gasteiger partial charge < -0.3 is 15.4 Å². The van der Waals surface area contributed by atoms with Crippen molar-refractivity contribution < 1.29 is 13.2 Å². The average Bonchev–Trinajstić information content (AvgIpc) is 2.60. The fraction of sp³-hybridized carbons (Fsp3) is 0.611. The van der Waals surface area contributed by atoms with Crippen molar-refractivity contribution in [1.29, 1.82) is 0 Å². The first kappa shape index (κ1) is 21.8. The smallest absolute Gasteiger partial charge is 0.213 e. The molecule has 1 saturated carbocycles. The van der Waals surface area contributed by atoms with Gasteiger partial charge in [0.25, 0.3) is 0 Å². The van der Waals surface area contributed by atoms with E-state index in [1.54, 1.807) is 20.2 Å². The van der Waals surface area contributed by atoms with Crippen molar-refractivity contribution >= 4 is 27.6 Å². The second-order valence-corrected chi connectivity index (χ2v) is 8.93. The zero-order chi connectivity index (χ0) is 19.7. The number of hydrogen-bond acceptors (Lipinski definition) is 4. The summed E-state index contributed by atoms with van der Waals surface area (Å²) in [5.74, 6) is 1.81. The Labute approximate surface area is 167 Å². The van der Waals surface area contributed by atoms with E-state index in [0.717, 1.165) is 24.2 Å². The molecule has 2 rings (SSSR count). The minimum absolute atomic E-state index is 0.0186. The van der Waals surface area contributed by atoms with Gasteiger partial charge in [0.2, 0.25) is 10.0 Å². The molecule has 1 fully saturated rings. The van der Waals surface area contributed by atoms with E-state index in [0.29, 0.717) is 43.0 Å². The molecule has 152 valence electrons. The first-order valence-electron chi connectivity index (χ1n) is 9.18. The number of benzene rings is 1. The van der Waals surface area contributed by atoms with Gasteiger partial charge in [0.15, 0.2) is 5.96 Å². The van der Waals surface area contributed by atoms with Crippen LogP contribution in [0.5, 0.6) is 5.75 Å². The molecule has 0 bridgehead atoms. The Bertz CT molecular complexity index is 736. The summed E-state index contributed by atoms with van der Waals surface area (Å²) in [6, 6.07) is 5.58. The molecule has 9 heteroatoms. The van der Waals surface area contributed by atoms with Crippen LogP contribution in [0.15, 0.2) is 23.2 Å². The maximum absolute atomic E-state index is 12.0. The van der Waals surface area contributed by atoms with Crippen molar-refractivity contribution in [1.82, 2.24) is 15.4 Å². The van der Waals surface area contributed by atoms with Crippen LogP contribution in [0.2, 0.25) is 5.02 Å². The first-order valence-corrected chi connectivity index (χ1v) is 11.2. The summed E-state index contributed by atoms with van der Waals surface area (Å²) in [5, 5.41) is 6.84. The molecule has 3 N–H and O–H groups in total. The highest BCUT2D eigenvalue weighted by atomic mass is 35.5. The number of nitrogens with zero attached hydrogens (tertiary/aromatic N) is 1. The molecular formula is C18H29ClN4O3S. The van der Waals surface area contributed by atoms with E-state index in [-0.39, 0.29) is 5.75 Å². The Hall–Kier alpha value is -1.51. The first-order chi connectivity index (χ1) is 12.9. The van der Waals surface area contributed by atoms with Gasteiger partial charge in [0, 0.05) is 31.7 Å². The predicted molar refractivity (Wildman–Crippen MR) is 110 cm³/mol. The quantitative estimate of drug-likeness (QED) is 0.399. The van der Waals surface area contributed by atoms with Crippen LogP contribution in [0.4, 0.5) is 0 Å². The lowest BCUT2D eigenvalue weighted by Gasteiger charge is -2.25. The van der Waals surface area contributed by atoms with E-state index in [4.69, 9.17) is 16.3 Å². The number of aliphatic imine (C=N–C) groups is 1. The Morgan fingerprint density at radius 2 is 2.04 bits per heavy atom. The Morgan fingerprint density at radius 3 is 2.63 bits per heavy atom. The van der Waals surface area contributed by atoms with E-state index in [1.165, 1.54) is 6.42 Å². The van der Waals surface area contributed by atoms with Gasteiger partial charge in [-0.25, -0.2) is 13.1 Å². The molecule has 0 amide bonds. The molecule has 0 radical (unpaired) electrons. The lowest BCUT2D eigenvalue weighted by atomic mass is 9.86. The highest BCUT2D eigenvalue weighted by Crippen LogP contribution is 2.25. The molecule has 1 aromatic rings. The number of halogens is 1. The highest BCUT2D eigenvalue weighted by Gasteiger charge is 2.20. The molecule has 0 aromatic heterocycles. The van der Waals surface area contributed by atoms with Crippen molar-refractivity contribution in [2.45, 2.75) is 25.7 Å². The zero-order valence-electron chi connectivity index (χ0n) is 15.9. The molecule has 0 saturated heterocycles. The number of sulfonamides is 1. The van der Waals surface area contributed by atoms with Crippen LogP contribution in [-0.4, -0.2) is 53.9 Å². The van der Waals surface area contributed by atoms with Gasteiger partial charge in [-0.1, -0.05) is 24.1 Å². The molecule has 0 spiro atoms. The van der Waals surface area contributed by atoms with Crippen LogP contribution < -0.4 is 20.1 Å².